The number of hydrogen-bond acceptors (Lipinski definition) is 1. The maximum atomic E-state index is 13.3. The number of fused-ring (bicyclic) bond motifs is 1. The van der Waals surface area contributed by atoms with Crippen molar-refractivity contribution < 1.29 is 9.13 Å². The number of hydrogen-bond donors (Lipinski definition) is 0. The van der Waals surface area contributed by atoms with Gasteiger partial charge in [0.1, 0.15) is 5.82 Å². The standard InChI is InChI=1S/C14H18FNO/c1-4-17-9-11-8-16(10(2)3)14-7-12(15)5-6-13(11)14/h5-8,10H,4,9H2,1-3H3. The van der Waals surface area contributed by atoms with E-state index in [9.17, 15) is 4.39 Å². The van der Waals surface area contributed by atoms with Crippen LogP contribution in [0.2, 0.25) is 0 Å². The van der Waals surface area contributed by atoms with Gasteiger partial charge in [-0.1, -0.05) is 0 Å². The molecule has 0 unspecified atom stereocenters. The molecule has 2 rings (SSSR count). The Morgan fingerprint density at radius 3 is 2.76 bits per heavy atom. The highest BCUT2D eigenvalue weighted by Crippen LogP contribution is 2.26. The van der Waals surface area contributed by atoms with Crippen molar-refractivity contribution >= 4 is 10.9 Å². The van der Waals surface area contributed by atoms with Gasteiger partial charge in [-0.2, -0.15) is 0 Å². The van der Waals surface area contributed by atoms with Gasteiger partial charge in [0.15, 0.2) is 0 Å². The first-order chi connectivity index (χ1) is 8.13. The molecule has 0 aliphatic rings. The summed E-state index contributed by atoms with van der Waals surface area (Å²) in [4.78, 5) is 0. The van der Waals surface area contributed by atoms with Crippen LogP contribution in [0.3, 0.4) is 0 Å². The zero-order valence-electron chi connectivity index (χ0n) is 10.5. The van der Waals surface area contributed by atoms with Gasteiger partial charge in [-0.25, -0.2) is 4.39 Å². The van der Waals surface area contributed by atoms with Crippen LogP contribution in [0.4, 0.5) is 4.39 Å². The van der Waals surface area contributed by atoms with E-state index in [4.69, 9.17) is 4.74 Å². The Kier molecular flexibility index (Phi) is 3.48. The third-order valence-electron chi connectivity index (χ3n) is 2.90. The first kappa shape index (κ1) is 12.1. The van der Waals surface area contributed by atoms with Crippen LogP contribution in [-0.2, 0) is 11.3 Å². The van der Waals surface area contributed by atoms with Crippen molar-refractivity contribution in [2.75, 3.05) is 6.61 Å². The molecule has 0 fully saturated rings. The molecule has 1 aromatic heterocycles. The van der Waals surface area contributed by atoms with Gasteiger partial charge in [0.25, 0.3) is 0 Å². The Morgan fingerprint density at radius 1 is 1.35 bits per heavy atom. The summed E-state index contributed by atoms with van der Waals surface area (Å²) in [5.41, 5.74) is 2.06. The van der Waals surface area contributed by atoms with Crippen molar-refractivity contribution in [1.82, 2.24) is 4.57 Å². The van der Waals surface area contributed by atoms with Crippen LogP contribution < -0.4 is 0 Å². The van der Waals surface area contributed by atoms with Gasteiger partial charge >= 0.3 is 0 Å². The molecule has 1 aromatic carbocycles. The van der Waals surface area contributed by atoms with Crippen molar-refractivity contribution in [2.45, 2.75) is 33.4 Å². The summed E-state index contributed by atoms with van der Waals surface area (Å²) in [6.45, 7) is 7.43. The number of rotatable bonds is 4. The van der Waals surface area contributed by atoms with E-state index in [-0.39, 0.29) is 5.82 Å². The summed E-state index contributed by atoms with van der Waals surface area (Å²) in [6, 6.07) is 5.24. The Hall–Kier alpha value is -1.35. The van der Waals surface area contributed by atoms with Gasteiger partial charge in [0.2, 0.25) is 0 Å². The van der Waals surface area contributed by atoms with Gasteiger partial charge in [-0.05, 0) is 39.0 Å². The lowest BCUT2D eigenvalue weighted by Gasteiger charge is -2.08. The molecule has 0 bridgehead atoms. The Labute approximate surface area is 101 Å². The molecule has 0 N–H and O–H groups in total. The lowest BCUT2D eigenvalue weighted by molar-refractivity contribution is 0.135. The third kappa shape index (κ3) is 2.34. The predicted molar refractivity (Wildman–Crippen MR) is 67.6 cm³/mol. The molecule has 0 amide bonds. The van der Waals surface area contributed by atoms with E-state index in [1.165, 1.54) is 6.07 Å². The lowest BCUT2D eigenvalue weighted by Crippen LogP contribution is -1.98. The van der Waals surface area contributed by atoms with E-state index in [0.717, 1.165) is 16.5 Å². The topological polar surface area (TPSA) is 14.2 Å². The highest BCUT2D eigenvalue weighted by atomic mass is 19.1. The fraction of sp³-hybridized carbons (Fsp3) is 0.429. The van der Waals surface area contributed by atoms with Gasteiger partial charge in [-0.3, -0.25) is 0 Å². The Morgan fingerprint density at radius 2 is 2.12 bits per heavy atom. The molecule has 0 atom stereocenters. The van der Waals surface area contributed by atoms with Crippen LogP contribution in [0.1, 0.15) is 32.4 Å². The predicted octanol–water partition coefficient (Wildman–Crippen LogP) is 3.90. The van der Waals surface area contributed by atoms with E-state index in [0.29, 0.717) is 19.3 Å². The highest BCUT2D eigenvalue weighted by molar-refractivity contribution is 5.84. The zero-order valence-corrected chi connectivity index (χ0v) is 10.5. The van der Waals surface area contributed by atoms with E-state index in [2.05, 4.69) is 24.6 Å². The highest BCUT2D eigenvalue weighted by Gasteiger charge is 2.11. The molecule has 1 heterocycles. The number of benzene rings is 1. The van der Waals surface area contributed by atoms with Crippen LogP contribution in [0, 0.1) is 5.82 Å². The minimum Gasteiger partial charge on any atom is -0.377 e. The first-order valence-electron chi connectivity index (χ1n) is 6.00. The molecule has 3 heteroatoms. The fourth-order valence-electron chi connectivity index (χ4n) is 2.05. The summed E-state index contributed by atoms with van der Waals surface area (Å²) >= 11 is 0. The molecule has 2 aromatic rings. The quantitative estimate of drug-likeness (QED) is 0.784. The maximum Gasteiger partial charge on any atom is 0.125 e. The summed E-state index contributed by atoms with van der Waals surface area (Å²) in [7, 11) is 0. The minimum atomic E-state index is -0.194. The molecule has 2 nitrogen and oxygen atoms in total. The molecule has 0 aliphatic heterocycles. The molecule has 0 saturated carbocycles. The van der Waals surface area contributed by atoms with Crippen LogP contribution in [-0.4, -0.2) is 11.2 Å². The number of nitrogens with zero attached hydrogens (tertiary/aromatic N) is 1. The minimum absolute atomic E-state index is 0.194. The Bertz CT molecular complexity index is 516. The Balaban J connectivity index is 2.54. The number of ether oxygens (including phenoxy) is 1. The number of halogens is 1. The van der Waals surface area contributed by atoms with Crippen LogP contribution in [0.15, 0.2) is 24.4 Å². The average molecular weight is 235 g/mol. The molecule has 0 radical (unpaired) electrons. The summed E-state index contributed by atoms with van der Waals surface area (Å²) in [5, 5.41) is 1.08. The second kappa shape index (κ2) is 4.88. The van der Waals surface area contributed by atoms with Crippen LogP contribution in [0.25, 0.3) is 10.9 Å². The van der Waals surface area contributed by atoms with E-state index in [1.807, 2.05) is 13.0 Å². The van der Waals surface area contributed by atoms with Crippen molar-refractivity contribution in [2.24, 2.45) is 0 Å². The van der Waals surface area contributed by atoms with Crippen molar-refractivity contribution in [3.05, 3.63) is 35.8 Å². The molecular weight excluding hydrogens is 217 g/mol. The maximum absolute atomic E-state index is 13.3. The largest absolute Gasteiger partial charge is 0.377 e. The van der Waals surface area contributed by atoms with E-state index in [1.54, 1.807) is 6.07 Å². The van der Waals surface area contributed by atoms with Gasteiger partial charge in [0.05, 0.1) is 12.1 Å². The molecule has 0 aliphatic carbocycles. The molecule has 17 heavy (non-hydrogen) atoms. The van der Waals surface area contributed by atoms with Crippen molar-refractivity contribution in [1.29, 1.82) is 0 Å². The molecule has 92 valence electrons. The second-order valence-electron chi connectivity index (χ2n) is 4.45. The van der Waals surface area contributed by atoms with Crippen LogP contribution >= 0.6 is 0 Å². The third-order valence-corrected chi connectivity index (χ3v) is 2.90. The van der Waals surface area contributed by atoms with Gasteiger partial charge in [0, 0.05) is 29.8 Å². The van der Waals surface area contributed by atoms with Gasteiger partial charge in [-0.15, -0.1) is 0 Å². The second-order valence-corrected chi connectivity index (χ2v) is 4.45. The first-order valence-corrected chi connectivity index (χ1v) is 6.00. The van der Waals surface area contributed by atoms with Crippen LogP contribution in [0.5, 0.6) is 0 Å². The van der Waals surface area contributed by atoms with E-state index >= 15 is 0 Å². The normalized spacial score (nSPS) is 11.6. The van der Waals surface area contributed by atoms with Gasteiger partial charge < -0.3 is 9.30 Å². The van der Waals surface area contributed by atoms with E-state index < -0.39 is 0 Å². The SMILES string of the molecule is CCOCc1cn(C(C)C)c2cc(F)ccc12. The zero-order chi connectivity index (χ0) is 12.4. The average Bonchev–Trinajstić information content (AvgIpc) is 2.64. The fourth-order valence-corrected chi connectivity index (χ4v) is 2.05. The number of aromatic nitrogens is 1. The molecule has 0 spiro atoms. The summed E-state index contributed by atoms with van der Waals surface area (Å²) in [5.74, 6) is -0.194. The lowest BCUT2D eigenvalue weighted by atomic mass is 10.2. The molecular formula is C14H18FNO. The summed E-state index contributed by atoms with van der Waals surface area (Å²) < 4.78 is 20.8. The summed E-state index contributed by atoms with van der Waals surface area (Å²) in [6.07, 6.45) is 2.06. The van der Waals surface area contributed by atoms with Crippen molar-refractivity contribution in [3.63, 3.8) is 0 Å². The molecule has 0 saturated heterocycles. The smallest absolute Gasteiger partial charge is 0.125 e. The monoisotopic (exact) mass is 235 g/mol. The van der Waals surface area contributed by atoms with Crippen molar-refractivity contribution in [3.8, 4) is 0 Å².